The molecule has 3 rings (SSSR count). The first-order valence-corrected chi connectivity index (χ1v) is 7.00. The predicted octanol–water partition coefficient (Wildman–Crippen LogP) is 1.77. The summed E-state index contributed by atoms with van der Waals surface area (Å²) in [5.74, 6) is 1.30. The topological polar surface area (TPSA) is 74.8 Å². The van der Waals surface area contributed by atoms with E-state index in [1.54, 1.807) is 0 Å². The highest BCUT2D eigenvalue weighted by Crippen LogP contribution is 2.22. The normalized spacial score (nSPS) is 15.5. The predicted molar refractivity (Wildman–Crippen MR) is 75.2 cm³/mol. The minimum Gasteiger partial charge on any atom is -0.334 e. The minimum atomic E-state index is 0.112. The van der Waals surface area contributed by atoms with Crippen molar-refractivity contribution in [2.24, 2.45) is 0 Å². The van der Waals surface area contributed by atoms with Crippen molar-refractivity contribution in [2.75, 3.05) is 0 Å². The molecule has 1 amide bonds. The van der Waals surface area contributed by atoms with Gasteiger partial charge in [-0.3, -0.25) is 4.79 Å². The second-order valence-electron chi connectivity index (χ2n) is 5.86. The number of nitrogens with one attached hydrogen (secondary N) is 1. The summed E-state index contributed by atoms with van der Waals surface area (Å²) in [6.45, 7) is 8.71. The van der Waals surface area contributed by atoms with Crippen LogP contribution >= 0.6 is 0 Å². The molecule has 0 saturated carbocycles. The Bertz CT molecular complexity index is 673. The zero-order valence-electron chi connectivity index (χ0n) is 12.3. The van der Waals surface area contributed by atoms with E-state index in [9.17, 15) is 4.79 Å². The van der Waals surface area contributed by atoms with Gasteiger partial charge in [-0.05, 0) is 13.8 Å². The average Bonchev–Trinajstić information content (AvgIpc) is 2.78. The fraction of sp³-hybridized carbons (Fsp3) is 0.571. The first-order chi connectivity index (χ1) is 9.45. The molecule has 0 atom stereocenters. The molecule has 0 saturated heterocycles. The maximum atomic E-state index is 12.1. The maximum absolute atomic E-state index is 12.1. The van der Waals surface area contributed by atoms with Gasteiger partial charge in [0.1, 0.15) is 5.82 Å². The lowest BCUT2D eigenvalue weighted by molar-refractivity contribution is -0.133. The van der Waals surface area contributed by atoms with Crippen LogP contribution in [0.1, 0.15) is 50.8 Å². The highest BCUT2D eigenvalue weighted by molar-refractivity contribution is 5.81. The first kappa shape index (κ1) is 13.0. The molecule has 3 heterocycles. The number of carbonyl (C=O) groups is 1. The number of hydrogen-bond acceptors (Lipinski definition) is 4. The van der Waals surface area contributed by atoms with E-state index in [2.05, 4.69) is 33.8 Å². The van der Waals surface area contributed by atoms with Gasteiger partial charge in [0.2, 0.25) is 5.91 Å². The number of hydrogen-bond donors (Lipinski definition) is 1. The number of aromatic amines is 1. The number of imidazole rings is 1. The van der Waals surface area contributed by atoms with Crippen LogP contribution in [0.25, 0.3) is 11.3 Å². The molecule has 106 valence electrons. The van der Waals surface area contributed by atoms with Crippen molar-refractivity contribution in [3.05, 3.63) is 17.2 Å². The Kier molecular flexibility index (Phi) is 2.96. The number of rotatable bonds is 2. The Hall–Kier alpha value is -1.98. The molecule has 0 radical (unpaired) electrons. The summed E-state index contributed by atoms with van der Waals surface area (Å²) in [5, 5.41) is 0. The van der Waals surface area contributed by atoms with Crippen LogP contribution in [0.4, 0.5) is 0 Å². The maximum Gasteiger partial charge on any atom is 0.229 e. The van der Waals surface area contributed by atoms with Crippen LogP contribution in [0.3, 0.4) is 0 Å². The van der Waals surface area contributed by atoms with E-state index in [0.29, 0.717) is 30.2 Å². The van der Waals surface area contributed by atoms with Crippen molar-refractivity contribution in [2.45, 2.75) is 52.6 Å². The van der Waals surface area contributed by atoms with Crippen molar-refractivity contribution in [1.82, 2.24) is 24.8 Å². The molecule has 0 aromatic carbocycles. The number of carbonyl (C=O) groups excluding carboxylic acids is 1. The summed E-state index contributed by atoms with van der Waals surface area (Å²) in [4.78, 5) is 30.7. The number of amides is 1. The van der Waals surface area contributed by atoms with Crippen molar-refractivity contribution in [3.8, 4) is 0 Å². The molecule has 0 bridgehead atoms. The van der Waals surface area contributed by atoms with Crippen LogP contribution in [0.15, 0.2) is 0 Å². The summed E-state index contributed by atoms with van der Waals surface area (Å²) in [6, 6.07) is 0.182. The molecular formula is C14H19N5O. The van der Waals surface area contributed by atoms with Gasteiger partial charge in [-0.15, -0.1) is 0 Å². The lowest BCUT2D eigenvalue weighted by atomic mass is 10.1. The summed E-state index contributed by atoms with van der Waals surface area (Å²) in [7, 11) is 0. The molecule has 1 N–H and O–H groups in total. The van der Waals surface area contributed by atoms with Crippen molar-refractivity contribution in [3.63, 3.8) is 0 Å². The first-order valence-electron chi connectivity index (χ1n) is 7.00. The van der Waals surface area contributed by atoms with Gasteiger partial charge in [-0.1, -0.05) is 13.8 Å². The van der Waals surface area contributed by atoms with Gasteiger partial charge in [0.05, 0.1) is 24.4 Å². The Morgan fingerprint density at radius 3 is 2.50 bits per heavy atom. The van der Waals surface area contributed by atoms with Crippen LogP contribution in [-0.4, -0.2) is 36.8 Å². The number of H-pyrrole nitrogens is 1. The fourth-order valence-electron chi connectivity index (χ4n) is 2.43. The zero-order valence-corrected chi connectivity index (χ0v) is 12.3. The Morgan fingerprint density at radius 2 is 1.85 bits per heavy atom. The zero-order chi connectivity index (χ0) is 14.4. The Balaban J connectivity index is 2.06. The van der Waals surface area contributed by atoms with Gasteiger partial charge < -0.3 is 9.88 Å². The molecule has 6 heteroatoms. The lowest BCUT2D eigenvalue weighted by Crippen LogP contribution is -2.41. The van der Waals surface area contributed by atoms with E-state index < -0.39 is 0 Å². The van der Waals surface area contributed by atoms with E-state index in [0.717, 1.165) is 17.2 Å². The van der Waals surface area contributed by atoms with Gasteiger partial charge in [0.15, 0.2) is 11.3 Å². The van der Waals surface area contributed by atoms with E-state index in [-0.39, 0.29) is 11.9 Å². The van der Waals surface area contributed by atoms with Crippen LogP contribution in [0, 0.1) is 0 Å². The molecule has 2 aromatic heterocycles. The quantitative estimate of drug-likeness (QED) is 0.905. The molecule has 0 fully saturated rings. The number of nitrogens with zero attached hydrogens (tertiary/aromatic N) is 4. The van der Waals surface area contributed by atoms with Crippen LogP contribution in [0.5, 0.6) is 0 Å². The molecule has 0 unspecified atom stereocenters. The van der Waals surface area contributed by atoms with Gasteiger partial charge >= 0.3 is 0 Å². The van der Waals surface area contributed by atoms with Gasteiger partial charge in [0, 0.05) is 12.0 Å². The molecule has 2 aromatic rings. The second-order valence-corrected chi connectivity index (χ2v) is 5.86. The lowest BCUT2D eigenvalue weighted by Gasteiger charge is -2.30. The molecule has 1 aliphatic rings. The highest BCUT2D eigenvalue weighted by atomic mass is 16.2. The van der Waals surface area contributed by atoms with Gasteiger partial charge in [0.25, 0.3) is 0 Å². The van der Waals surface area contributed by atoms with E-state index in [4.69, 9.17) is 0 Å². The SMILES string of the molecule is CC(C)c1nc2nc3c(nc2[nH]1)CN(C(C)C)C(=O)C3. The standard InChI is InChI=1S/C14H19N5O/c1-7(2)12-17-13-14(18-12)16-10-6-19(8(3)4)11(20)5-9(10)15-13/h7-8H,5-6H2,1-4H3,(H,15,16,17,18). The van der Waals surface area contributed by atoms with Crippen LogP contribution in [-0.2, 0) is 17.8 Å². The van der Waals surface area contributed by atoms with E-state index in [1.165, 1.54) is 0 Å². The van der Waals surface area contributed by atoms with E-state index in [1.807, 2.05) is 18.7 Å². The smallest absolute Gasteiger partial charge is 0.229 e. The minimum absolute atomic E-state index is 0.112. The molecule has 1 aliphatic heterocycles. The van der Waals surface area contributed by atoms with Gasteiger partial charge in [-0.25, -0.2) is 15.0 Å². The largest absolute Gasteiger partial charge is 0.334 e. The third-order valence-electron chi connectivity index (χ3n) is 3.63. The molecular weight excluding hydrogens is 254 g/mol. The van der Waals surface area contributed by atoms with Crippen molar-refractivity contribution >= 4 is 17.2 Å². The fourth-order valence-corrected chi connectivity index (χ4v) is 2.43. The average molecular weight is 273 g/mol. The summed E-state index contributed by atoms with van der Waals surface area (Å²) >= 11 is 0. The highest BCUT2D eigenvalue weighted by Gasteiger charge is 2.28. The Morgan fingerprint density at radius 1 is 1.10 bits per heavy atom. The third-order valence-corrected chi connectivity index (χ3v) is 3.63. The molecule has 0 aliphatic carbocycles. The monoisotopic (exact) mass is 273 g/mol. The summed E-state index contributed by atoms with van der Waals surface area (Å²) in [5.41, 5.74) is 2.97. The van der Waals surface area contributed by atoms with Gasteiger partial charge in [-0.2, -0.15) is 0 Å². The van der Waals surface area contributed by atoms with Crippen LogP contribution < -0.4 is 0 Å². The second kappa shape index (κ2) is 4.54. The molecule has 0 spiro atoms. The Labute approximate surface area is 117 Å². The van der Waals surface area contributed by atoms with Crippen LogP contribution in [0.2, 0.25) is 0 Å². The van der Waals surface area contributed by atoms with Crippen molar-refractivity contribution in [1.29, 1.82) is 0 Å². The molecule has 6 nitrogen and oxygen atoms in total. The summed E-state index contributed by atoms with van der Waals surface area (Å²) in [6.07, 6.45) is 0.320. The summed E-state index contributed by atoms with van der Waals surface area (Å²) < 4.78 is 0. The third kappa shape index (κ3) is 2.05. The van der Waals surface area contributed by atoms with Crippen molar-refractivity contribution < 1.29 is 4.79 Å². The molecule has 20 heavy (non-hydrogen) atoms. The van der Waals surface area contributed by atoms with E-state index >= 15 is 0 Å². The number of fused-ring (bicyclic) bond motifs is 2. The number of aromatic nitrogens is 4.